The molecule has 0 aliphatic carbocycles. The van der Waals surface area contributed by atoms with Gasteiger partial charge in [-0.05, 0) is 70.9 Å². The fraction of sp³-hybridized carbons (Fsp3) is 0.0645. The van der Waals surface area contributed by atoms with Crippen molar-refractivity contribution < 1.29 is 9.21 Å². The van der Waals surface area contributed by atoms with Gasteiger partial charge in [0.15, 0.2) is 9.89 Å². The van der Waals surface area contributed by atoms with Crippen LogP contribution in [0.4, 0.5) is 5.69 Å². The molecule has 0 radical (unpaired) electrons. The number of amides is 1. The number of hydrogen-bond donors (Lipinski definition) is 1. The number of thiazole rings is 1. The van der Waals surface area contributed by atoms with Gasteiger partial charge in [0, 0.05) is 21.7 Å². The smallest absolute Gasteiger partial charge is 0.271 e. The van der Waals surface area contributed by atoms with Crippen LogP contribution in [0.2, 0.25) is 5.02 Å². The fourth-order valence-electron chi connectivity index (χ4n) is 4.53. The summed E-state index contributed by atoms with van der Waals surface area (Å²) in [6.07, 6.45) is 1.71. The molecule has 10 heteroatoms. The van der Waals surface area contributed by atoms with Crippen LogP contribution in [0, 0.1) is 0 Å². The minimum atomic E-state index is -0.693. The van der Waals surface area contributed by atoms with Crippen LogP contribution in [0.5, 0.6) is 0 Å². The maximum Gasteiger partial charge on any atom is 0.271 e. The van der Waals surface area contributed by atoms with Crippen molar-refractivity contribution >= 4 is 68.3 Å². The maximum absolute atomic E-state index is 13.9. The summed E-state index contributed by atoms with van der Waals surface area (Å²) in [6.45, 7) is 1.79. The van der Waals surface area contributed by atoms with Crippen LogP contribution in [0.1, 0.15) is 24.3 Å². The molecule has 1 N–H and O–H groups in total. The van der Waals surface area contributed by atoms with Crippen LogP contribution < -0.4 is 20.2 Å². The number of fused-ring (bicyclic) bond motifs is 1. The third-order valence-electron chi connectivity index (χ3n) is 6.39. The van der Waals surface area contributed by atoms with E-state index in [2.05, 4.69) is 21.2 Å². The fourth-order valence-corrected chi connectivity index (χ4v) is 7.03. The summed E-state index contributed by atoms with van der Waals surface area (Å²) in [7, 11) is 0. The zero-order valence-corrected chi connectivity index (χ0v) is 25.5. The van der Waals surface area contributed by atoms with Crippen molar-refractivity contribution in [2.75, 3.05) is 5.32 Å². The highest BCUT2D eigenvalue weighted by atomic mass is 79.9. The monoisotopic (exact) mass is 661 g/mol. The number of allylic oxidation sites excluding steroid dienone is 1. The van der Waals surface area contributed by atoms with Crippen molar-refractivity contribution in [1.29, 1.82) is 0 Å². The molecule has 3 aromatic carbocycles. The van der Waals surface area contributed by atoms with E-state index in [4.69, 9.17) is 21.0 Å². The predicted octanol–water partition coefficient (Wildman–Crippen LogP) is 7.03. The summed E-state index contributed by atoms with van der Waals surface area (Å²) in [5.41, 5.74) is 2.05. The van der Waals surface area contributed by atoms with Gasteiger partial charge in [0.2, 0.25) is 0 Å². The normalized spacial score (nSPS) is 15.0. The number of aromatic nitrogens is 1. The van der Waals surface area contributed by atoms with E-state index in [1.165, 1.54) is 23.1 Å². The highest BCUT2D eigenvalue weighted by molar-refractivity contribution is 9.10. The second-order valence-electron chi connectivity index (χ2n) is 9.15. The predicted molar refractivity (Wildman–Crippen MR) is 167 cm³/mol. The van der Waals surface area contributed by atoms with Crippen LogP contribution in [0.3, 0.4) is 0 Å². The summed E-state index contributed by atoms with van der Waals surface area (Å²) >= 11 is 12.5. The first-order valence-electron chi connectivity index (χ1n) is 12.5. The standard InChI is InChI=1S/C31H21BrClN3O3S2/c1-18-26(28(37)35-21-8-4-2-5-9-21)27(19-12-14-20(33)15-13-19)36-29(38)25(41-31(36)34-18)17-22-16-24(32)30(39-22)40-23-10-6-3-7-11-23/h2-17,27H,1H3,(H,35,37)/b25-17+/t27-/m1/s1. The van der Waals surface area contributed by atoms with Crippen LogP contribution in [-0.4, -0.2) is 10.5 Å². The van der Waals surface area contributed by atoms with E-state index in [-0.39, 0.29) is 11.5 Å². The molecular formula is C31H21BrClN3O3S2. The molecule has 204 valence electrons. The maximum atomic E-state index is 13.9. The van der Waals surface area contributed by atoms with Crippen molar-refractivity contribution in [3.63, 3.8) is 0 Å². The Morgan fingerprint density at radius 1 is 1.07 bits per heavy atom. The third kappa shape index (κ3) is 5.76. The van der Waals surface area contributed by atoms with Gasteiger partial charge < -0.3 is 9.73 Å². The SMILES string of the molecule is CC1=C(C(=O)Nc2ccccc2)[C@@H](c2ccc(Cl)cc2)n2c(s/c(=C/c3cc(Br)c(Sc4ccccc4)o3)c2=O)=N1. The second-order valence-corrected chi connectivity index (χ2v) is 12.5. The van der Waals surface area contributed by atoms with Crippen LogP contribution in [-0.2, 0) is 4.79 Å². The van der Waals surface area contributed by atoms with E-state index in [9.17, 15) is 9.59 Å². The van der Waals surface area contributed by atoms with E-state index in [1.807, 2.05) is 78.9 Å². The number of furan rings is 1. The number of rotatable bonds is 6. The molecule has 0 bridgehead atoms. The average Bonchev–Trinajstić information content (AvgIpc) is 3.46. The summed E-state index contributed by atoms with van der Waals surface area (Å²) in [4.78, 5) is 33.8. The Kier molecular flexibility index (Phi) is 7.86. The van der Waals surface area contributed by atoms with E-state index in [1.54, 1.807) is 29.7 Å². The number of carbonyl (C=O) groups is 1. The minimum absolute atomic E-state index is 0.268. The van der Waals surface area contributed by atoms with Crippen molar-refractivity contribution in [3.8, 4) is 0 Å². The quantitative estimate of drug-likeness (QED) is 0.212. The third-order valence-corrected chi connectivity index (χ3v) is 9.47. The summed E-state index contributed by atoms with van der Waals surface area (Å²) in [5, 5.41) is 4.20. The van der Waals surface area contributed by atoms with Crippen LogP contribution in [0.15, 0.2) is 131 Å². The molecule has 0 saturated carbocycles. The number of benzene rings is 3. The van der Waals surface area contributed by atoms with Crippen LogP contribution in [0.25, 0.3) is 6.08 Å². The van der Waals surface area contributed by atoms with Crippen molar-refractivity contribution in [2.45, 2.75) is 23.0 Å². The molecule has 1 aliphatic heterocycles. The first-order valence-corrected chi connectivity index (χ1v) is 15.3. The van der Waals surface area contributed by atoms with Crippen molar-refractivity contribution in [3.05, 3.63) is 143 Å². The van der Waals surface area contributed by atoms with Gasteiger partial charge in [0.1, 0.15) is 5.76 Å². The van der Waals surface area contributed by atoms with Crippen LogP contribution >= 0.6 is 50.6 Å². The molecule has 1 amide bonds. The lowest BCUT2D eigenvalue weighted by Gasteiger charge is -2.25. The van der Waals surface area contributed by atoms with Crippen molar-refractivity contribution in [1.82, 2.24) is 4.57 Å². The topological polar surface area (TPSA) is 76.6 Å². The molecule has 1 atom stereocenters. The highest BCUT2D eigenvalue weighted by Crippen LogP contribution is 2.36. The summed E-state index contributed by atoms with van der Waals surface area (Å²) in [6, 6.07) is 27.4. The van der Waals surface area contributed by atoms with Gasteiger partial charge >= 0.3 is 0 Å². The van der Waals surface area contributed by atoms with Gasteiger partial charge in [0.05, 0.1) is 26.3 Å². The molecule has 5 aromatic rings. The van der Waals surface area contributed by atoms with Gasteiger partial charge in [-0.3, -0.25) is 14.2 Å². The summed E-state index contributed by atoms with van der Waals surface area (Å²) < 4.78 is 8.89. The zero-order valence-electron chi connectivity index (χ0n) is 21.5. The first-order chi connectivity index (χ1) is 19.9. The molecule has 0 unspecified atom stereocenters. The Morgan fingerprint density at radius 2 is 1.76 bits per heavy atom. The Balaban J connectivity index is 1.43. The summed E-state index contributed by atoms with van der Waals surface area (Å²) in [5.74, 6) is 0.200. The number of halogens is 2. The molecular weight excluding hydrogens is 642 g/mol. The Morgan fingerprint density at radius 3 is 2.46 bits per heavy atom. The number of hydrogen-bond acceptors (Lipinski definition) is 6. The Bertz CT molecular complexity index is 1960. The largest absolute Gasteiger partial charge is 0.449 e. The van der Waals surface area contributed by atoms with E-state index >= 15 is 0 Å². The number of anilines is 1. The molecule has 41 heavy (non-hydrogen) atoms. The van der Waals surface area contributed by atoms with Gasteiger partial charge in [-0.25, -0.2) is 4.99 Å². The molecule has 6 rings (SSSR count). The van der Waals surface area contributed by atoms with Gasteiger partial charge in [-0.15, -0.1) is 0 Å². The molecule has 1 aliphatic rings. The van der Waals surface area contributed by atoms with E-state index < -0.39 is 6.04 Å². The number of nitrogens with one attached hydrogen (secondary N) is 1. The molecule has 0 saturated heterocycles. The molecule has 0 spiro atoms. The number of nitrogens with zero attached hydrogens (tertiary/aromatic N) is 2. The average molecular weight is 663 g/mol. The molecule has 3 heterocycles. The number of para-hydroxylation sites is 1. The Hall–Kier alpha value is -3.63. The van der Waals surface area contributed by atoms with E-state index in [0.29, 0.717) is 42.2 Å². The van der Waals surface area contributed by atoms with Gasteiger partial charge in [0.25, 0.3) is 11.5 Å². The zero-order chi connectivity index (χ0) is 28.5. The van der Waals surface area contributed by atoms with Gasteiger partial charge in [-0.1, -0.05) is 83.2 Å². The van der Waals surface area contributed by atoms with Crippen molar-refractivity contribution in [2.24, 2.45) is 4.99 Å². The lowest BCUT2D eigenvalue weighted by molar-refractivity contribution is -0.113. The lowest BCUT2D eigenvalue weighted by Crippen LogP contribution is -2.40. The lowest BCUT2D eigenvalue weighted by atomic mass is 9.95. The number of carbonyl (C=O) groups excluding carboxylic acids is 1. The molecule has 6 nitrogen and oxygen atoms in total. The van der Waals surface area contributed by atoms with Gasteiger partial charge in [-0.2, -0.15) is 0 Å². The molecule has 2 aromatic heterocycles. The molecule has 0 fully saturated rings. The second kappa shape index (κ2) is 11.7. The minimum Gasteiger partial charge on any atom is -0.449 e. The Labute approximate surface area is 256 Å². The van der Waals surface area contributed by atoms with E-state index in [0.717, 1.165) is 14.9 Å². The first kappa shape index (κ1) is 27.5. The highest BCUT2D eigenvalue weighted by Gasteiger charge is 2.32.